The van der Waals surface area contributed by atoms with Crippen molar-refractivity contribution in [2.75, 3.05) is 4.90 Å². The van der Waals surface area contributed by atoms with Crippen LogP contribution in [0.5, 0.6) is 0 Å². The molecule has 8 aromatic rings. The molecular formula is C37H27NO. The average molecular weight is 502 g/mol. The van der Waals surface area contributed by atoms with Gasteiger partial charge in [-0.05, 0) is 68.7 Å². The van der Waals surface area contributed by atoms with Crippen LogP contribution < -0.4 is 4.90 Å². The lowest BCUT2D eigenvalue weighted by Gasteiger charge is -2.28. The number of para-hydroxylation sites is 2. The number of hydrogen-bond donors (Lipinski definition) is 0. The second-order valence-corrected chi connectivity index (χ2v) is 10.8. The van der Waals surface area contributed by atoms with Crippen molar-refractivity contribution in [1.82, 2.24) is 0 Å². The van der Waals surface area contributed by atoms with Crippen LogP contribution in [0.15, 0.2) is 126 Å². The summed E-state index contributed by atoms with van der Waals surface area (Å²) in [6, 6.07) is 43.9. The van der Waals surface area contributed by atoms with Crippen LogP contribution in [0.1, 0.15) is 25.3 Å². The minimum atomic E-state index is 0.473. The Morgan fingerprint density at radius 1 is 0.513 bits per heavy atom. The van der Waals surface area contributed by atoms with Gasteiger partial charge in [-0.1, -0.05) is 105 Å². The van der Waals surface area contributed by atoms with E-state index in [-0.39, 0.29) is 0 Å². The van der Waals surface area contributed by atoms with Gasteiger partial charge in [0.1, 0.15) is 5.58 Å². The van der Waals surface area contributed by atoms with E-state index in [4.69, 9.17) is 4.42 Å². The first-order valence-corrected chi connectivity index (χ1v) is 13.6. The molecule has 0 aliphatic rings. The Hall–Kier alpha value is -4.82. The van der Waals surface area contributed by atoms with Crippen LogP contribution >= 0.6 is 0 Å². The van der Waals surface area contributed by atoms with Crippen molar-refractivity contribution in [2.24, 2.45) is 0 Å². The highest BCUT2D eigenvalue weighted by Crippen LogP contribution is 2.46. The lowest BCUT2D eigenvalue weighted by Crippen LogP contribution is -2.11. The molecule has 2 nitrogen and oxygen atoms in total. The zero-order chi connectivity index (χ0) is 26.1. The van der Waals surface area contributed by atoms with Crippen molar-refractivity contribution < 1.29 is 4.42 Å². The Balaban J connectivity index is 1.47. The van der Waals surface area contributed by atoms with E-state index in [1.165, 1.54) is 37.9 Å². The first-order chi connectivity index (χ1) is 19.2. The van der Waals surface area contributed by atoms with Crippen LogP contribution in [0, 0.1) is 0 Å². The van der Waals surface area contributed by atoms with Crippen molar-refractivity contribution in [2.45, 2.75) is 19.8 Å². The summed E-state index contributed by atoms with van der Waals surface area (Å²) in [4.78, 5) is 2.38. The number of rotatable bonds is 4. The predicted octanol–water partition coefficient (Wildman–Crippen LogP) is 11.1. The highest BCUT2D eigenvalue weighted by molar-refractivity contribution is 6.26. The van der Waals surface area contributed by atoms with E-state index < -0.39 is 0 Å². The Morgan fingerprint density at radius 2 is 1.18 bits per heavy atom. The molecule has 0 aliphatic carbocycles. The summed E-state index contributed by atoms with van der Waals surface area (Å²) in [5, 5.41) is 9.94. The van der Waals surface area contributed by atoms with Gasteiger partial charge >= 0.3 is 0 Å². The summed E-state index contributed by atoms with van der Waals surface area (Å²) in [5.74, 6) is 0.473. The van der Waals surface area contributed by atoms with E-state index in [1.54, 1.807) is 0 Å². The molecule has 8 rings (SSSR count). The summed E-state index contributed by atoms with van der Waals surface area (Å²) in [7, 11) is 0. The molecular weight excluding hydrogens is 474 g/mol. The third-order valence-electron chi connectivity index (χ3n) is 8.19. The van der Waals surface area contributed by atoms with Gasteiger partial charge in [-0.15, -0.1) is 0 Å². The fraction of sp³-hybridized carbons (Fsp3) is 0.0811. The van der Waals surface area contributed by atoms with Gasteiger partial charge in [-0.2, -0.15) is 0 Å². The van der Waals surface area contributed by atoms with E-state index in [9.17, 15) is 0 Å². The molecule has 0 fully saturated rings. The molecule has 0 spiro atoms. The van der Waals surface area contributed by atoms with Crippen molar-refractivity contribution in [3.05, 3.63) is 127 Å². The van der Waals surface area contributed by atoms with Crippen LogP contribution in [-0.2, 0) is 0 Å². The maximum Gasteiger partial charge on any atom is 0.159 e. The van der Waals surface area contributed by atoms with Crippen molar-refractivity contribution >= 4 is 71.3 Å². The topological polar surface area (TPSA) is 16.4 Å². The molecule has 0 radical (unpaired) electrons. The minimum absolute atomic E-state index is 0.473. The summed E-state index contributed by atoms with van der Waals surface area (Å²) in [6.07, 6.45) is 0. The molecule has 0 atom stereocenters. The first-order valence-electron chi connectivity index (χ1n) is 13.6. The predicted molar refractivity (Wildman–Crippen MR) is 166 cm³/mol. The zero-order valence-corrected chi connectivity index (χ0v) is 22.0. The fourth-order valence-corrected chi connectivity index (χ4v) is 6.24. The number of hydrogen-bond acceptors (Lipinski definition) is 2. The molecule has 0 saturated heterocycles. The van der Waals surface area contributed by atoms with Gasteiger partial charge in [0.15, 0.2) is 5.58 Å². The number of anilines is 3. The number of benzene rings is 7. The van der Waals surface area contributed by atoms with Crippen LogP contribution in [0.3, 0.4) is 0 Å². The number of fused-ring (bicyclic) bond motifs is 3. The summed E-state index contributed by atoms with van der Waals surface area (Å²) in [5.41, 5.74) is 6.43. The molecule has 0 saturated carbocycles. The SMILES string of the molecule is CC(C)c1ccc(N(c2ccc3ccc4cccc5ccc2c3c45)c2cccc3c2oc2ccccc23)cc1. The lowest BCUT2D eigenvalue weighted by molar-refractivity contribution is 0.669. The van der Waals surface area contributed by atoms with Gasteiger partial charge in [0.05, 0.1) is 11.4 Å². The van der Waals surface area contributed by atoms with Crippen molar-refractivity contribution in [1.29, 1.82) is 0 Å². The molecule has 186 valence electrons. The quantitative estimate of drug-likeness (QED) is 0.223. The molecule has 0 N–H and O–H groups in total. The molecule has 0 amide bonds. The van der Waals surface area contributed by atoms with Gasteiger partial charge < -0.3 is 9.32 Å². The van der Waals surface area contributed by atoms with E-state index in [1.807, 2.05) is 6.07 Å². The van der Waals surface area contributed by atoms with Crippen molar-refractivity contribution in [3.63, 3.8) is 0 Å². The highest BCUT2D eigenvalue weighted by atomic mass is 16.3. The lowest BCUT2D eigenvalue weighted by atomic mass is 9.93. The first kappa shape index (κ1) is 22.2. The maximum atomic E-state index is 6.55. The minimum Gasteiger partial charge on any atom is -0.454 e. The maximum absolute atomic E-state index is 6.55. The number of furan rings is 1. The molecule has 1 heterocycles. The smallest absolute Gasteiger partial charge is 0.159 e. The molecule has 0 bridgehead atoms. The highest BCUT2D eigenvalue weighted by Gasteiger charge is 2.22. The van der Waals surface area contributed by atoms with Crippen LogP contribution in [0.25, 0.3) is 54.3 Å². The molecule has 2 heteroatoms. The van der Waals surface area contributed by atoms with E-state index in [0.717, 1.165) is 39.0 Å². The zero-order valence-electron chi connectivity index (χ0n) is 22.0. The van der Waals surface area contributed by atoms with Crippen molar-refractivity contribution in [3.8, 4) is 0 Å². The molecule has 1 aromatic heterocycles. The Morgan fingerprint density at radius 3 is 1.97 bits per heavy atom. The van der Waals surface area contributed by atoms with Gasteiger partial charge in [0.25, 0.3) is 0 Å². The van der Waals surface area contributed by atoms with E-state index >= 15 is 0 Å². The summed E-state index contributed by atoms with van der Waals surface area (Å²) in [6.45, 7) is 4.48. The standard InChI is InChI=1S/C37H27NO/c1-23(2)24-15-19-28(20-16-24)38(33-11-6-10-30-29-9-3-4-12-34(29)39-37(30)33)32-22-18-27-14-13-25-7-5-8-26-17-21-31(32)36(27)35(25)26/h3-23H,1-2H3. The van der Waals surface area contributed by atoms with Crippen LogP contribution in [-0.4, -0.2) is 0 Å². The monoisotopic (exact) mass is 501 g/mol. The van der Waals surface area contributed by atoms with Crippen LogP contribution in [0.2, 0.25) is 0 Å². The van der Waals surface area contributed by atoms with Gasteiger partial charge in [-0.25, -0.2) is 0 Å². The van der Waals surface area contributed by atoms with Gasteiger partial charge in [-0.3, -0.25) is 0 Å². The molecule has 0 aliphatic heterocycles. The second-order valence-electron chi connectivity index (χ2n) is 10.8. The molecule has 7 aromatic carbocycles. The van der Waals surface area contributed by atoms with E-state index in [2.05, 4.69) is 134 Å². The second kappa shape index (κ2) is 8.34. The van der Waals surface area contributed by atoms with E-state index in [0.29, 0.717) is 5.92 Å². The Labute approximate surface area is 227 Å². The van der Waals surface area contributed by atoms with Crippen LogP contribution in [0.4, 0.5) is 17.1 Å². The average Bonchev–Trinajstić information content (AvgIpc) is 3.36. The van der Waals surface area contributed by atoms with Gasteiger partial charge in [0.2, 0.25) is 0 Å². The summed E-state index contributed by atoms with van der Waals surface area (Å²) < 4.78 is 6.55. The molecule has 39 heavy (non-hydrogen) atoms. The number of nitrogens with zero attached hydrogens (tertiary/aromatic N) is 1. The molecule has 0 unspecified atom stereocenters. The third-order valence-corrected chi connectivity index (χ3v) is 8.19. The third kappa shape index (κ3) is 3.28. The van der Waals surface area contributed by atoms with Gasteiger partial charge in [0, 0.05) is 21.8 Å². The Bertz CT molecular complexity index is 2130. The largest absolute Gasteiger partial charge is 0.454 e. The summed E-state index contributed by atoms with van der Waals surface area (Å²) >= 11 is 0. The fourth-order valence-electron chi connectivity index (χ4n) is 6.24. The Kier molecular flexibility index (Phi) is 4.75. The normalized spacial score (nSPS) is 12.1.